The lowest BCUT2D eigenvalue weighted by Crippen LogP contribution is -2.05. The molecule has 3 nitrogen and oxygen atoms in total. The molecule has 5 heteroatoms. The molecule has 0 bridgehead atoms. The van der Waals surface area contributed by atoms with Crippen molar-refractivity contribution in [3.05, 3.63) is 88.3 Å². The number of thiophene rings is 1. The molecule has 2 heterocycles. The van der Waals surface area contributed by atoms with Crippen LogP contribution in [0.5, 0.6) is 5.75 Å². The number of benzene rings is 2. The molecule has 0 saturated heterocycles. The lowest BCUT2D eigenvalue weighted by atomic mass is 10.1. The number of hydrogen-bond acceptors (Lipinski definition) is 5. The van der Waals surface area contributed by atoms with Gasteiger partial charge in [0.25, 0.3) is 0 Å². The third-order valence-corrected chi connectivity index (χ3v) is 7.10. The number of carbonyl (C=O) groups excluding carboxylic acids is 1. The van der Waals surface area contributed by atoms with Gasteiger partial charge < -0.3 is 9.15 Å². The zero-order valence-electron chi connectivity index (χ0n) is 16.2. The van der Waals surface area contributed by atoms with Crippen LogP contribution in [0.1, 0.15) is 34.6 Å². The Morgan fingerprint density at radius 3 is 2.72 bits per heavy atom. The molecule has 0 amide bonds. The van der Waals surface area contributed by atoms with Gasteiger partial charge in [-0.25, -0.2) is 0 Å². The number of para-hydroxylation sites is 1. The van der Waals surface area contributed by atoms with Crippen LogP contribution in [-0.2, 0) is 11.2 Å². The van der Waals surface area contributed by atoms with Crippen LogP contribution in [0.15, 0.2) is 76.7 Å². The number of furan rings is 1. The number of esters is 1. The van der Waals surface area contributed by atoms with E-state index in [0.717, 1.165) is 23.1 Å². The Kier molecular flexibility index (Phi) is 6.37. The van der Waals surface area contributed by atoms with Crippen LogP contribution < -0.4 is 4.74 Å². The van der Waals surface area contributed by atoms with Gasteiger partial charge in [-0.05, 0) is 40.8 Å². The Balaban J connectivity index is 1.49. The number of rotatable bonds is 8. The fourth-order valence-electron chi connectivity index (χ4n) is 3.25. The molecule has 4 aromatic rings. The molecule has 2 aromatic carbocycles. The normalized spacial score (nSPS) is 12.2. The van der Waals surface area contributed by atoms with Crippen LogP contribution in [0.2, 0.25) is 0 Å². The fraction of sp³-hybridized carbons (Fsp3) is 0.208. The molecule has 0 N–H and O–H groups in total. The van der Waals surface area contributed by atoms with Crippen LogP contribution in [0.25, 0.3) is 11.0 Å². The summed E-state index contributed by atoms with van der Waals surface area (Å²) in [6.45, 7) is 1.78. The van der Waals surface area contributed by atoms with Gasteiger partial charge in [0.1, 0.15) is 0 Å². The van der Waals surface area contributed by atoms with Crippen LogP contribution in [0.4, 0.5) is 0 Å². The molecule has 0 fully saturated rings. The largest absolute Gasteiger partial charge is 0.460 e. The van der Waals surface area contributed by atoms with Crippen molar-refractivity contribution in [3.8, 4) is 5.75 Å². The quantitative estimate of drug-likeness (QED) is 0.229. The first-order valence-electron chi connectivity index (χ1n) is 9.66. The second-order valence-electron chi connectivity index (χ2n) is 6.65. The van der Waals surface area contributed by atoms with Gasteiger partial charge in [0.15, 0.2) is 11.3 Å². The summed E-state index contributed by atoms with van der Waals surface area (Å²) >= 11 is 3.74. The minimum atomic E-state index is -0.257. The maximum Gasteiger partial charge on any atom is 0.311 e. The van der Waals surface area contributed by atoms with E-state index in [1.165, 1.54) is 10.4 Å². The highest BCUT2D eigenvalue weighted by atomic mass is 32.2. The molecule has 0 aliphatic rings. The lowest BCUT2D eigenvalue weighted by molar-refractivity contribution is -0.133. The summed E-state index contributed by atoms with van der Waals surface area (Å²) in [6, 6.07) is 20.7. The average molecular weight is 423 g/mol. The van der Waals surface area contributed by atoms with E-state index < -0.39 is 0 Å². The molecule has 1 atom stereocenters. The number of thioether (sulfide) groups is 1. The van der Waals surface area contributed by atoms with Crippen LogP contribution >= 0.6 is 23.1 Å². The number of ether oxygens (including phenoxy) is 1. The molecule has 0 aliphatic carbocycles. The zero-order valence-corrected chi connectivity index (χ0v) is 17.8. The van der Waals surface area contributed by atoms with E-state index in [1.54, 1.807) is 30.6 Å². The summed E-state index contributed by atoms with van der Waals surface area (Å²) in [6.07, 6.45) is 3.01. The van der Waals surface area contributed by atoms with Gasteiger partial charge in [0.2, 0.25) is 0 Å². The molecule has 0 spiro atoms. The monoisotopic (exact) mass is 422 g/mol. The maximum atomic E-state index is 11.7. The number of aryl methyl sites for hydroxylation is 1. The van der Waals surface area contributed by atoms with E-state index >= 15 is 0 Å². The minimum absolute atomic E-state index is 0.257. The van der Waals surface area contributed by atoms with Crippen molar-refractivity contribution < 1.29 is 13.9 Å². The standard InChI is InChI=1S/C24H22O3S2/c1-2-22(25)27-20-11-6-10-19-18(16-26-23(19)20)13-15-29-24(21-12-7-14-28-21)17-8-4-3-5-9-17/h3-12,14,16,24H,2,13,15H2,1H3. The van der Waals surface area contributed by atoms with E-state index in [4.69, 9.17) is 9.15 Å². The predicted octanol–water partition coefficient (Wildman–Crippen LogP) is 6.88. The van der Waals surface area contributed by atoms with Crippen molar-refractivity contribution >= 4 is 40.0 Å². The predicted molar refractivity (Wildman–Crippen MR) is 121 cm³/mol. The highest BCUT2D eigenvalue weighted by Gasteiger charge is 2.17. The Bertz CT molecular complexity index is 1070. The summed E-state index contributed by atoms with van der Waals surface area (Å²) < 4.78 is 11.2. The van der Waals surface area contributed by atoms with Crippen LogP contribution in [0.3, 0.4) is 0 Å². The van der Waals surface area contributed by atoms with Gasteiger partial charge in [-0.15, -0.1) is 23.1 Å². The van der Waals surface area contributed by atoms with Gasteiger partial charge in [-0.2, -0.15) is 0 Å². The topological polar surface area (TPSA) is 39.4 Å². The first kappa shape index (κ1) is 19.8. The Hall–Kier alpha value is -2.50. The number of carbonyl (C=O) groups is 1. The first-order chi connectivity index (χ1) is 14.3. The zero-order chi connectivity index (χ0) is 20.1. The number of fused-ring (bicyclic) bond motifs is 1. The Labute approximate surface area is 178 Å². The van der Waals surface area contributed by atoms with Gasteiger partial charge in [0.05, 0.1) is 11.5 Å². The van der Waals surface area contributed by atoms with Gasteiger partial charge in [-0.1, -0.05) is 55.5 Å². The van der Waals surface area contributed by atoms with E-state index in [2.05, 4.69) is 47.8 Å². The lowest BCUT2D eigenvalue weighted by Gasteiger charge is -2.15. The molecule has 4 rings (SSSR count). The van der Waals surface area contributed by atoms with E-state index in [0.29, 0.717) is 23.0 Å². The smallest absolute Gasteiger partial charge is 0.311 e. The third kappa shape index (κ3) is 4.57. The van der Waals surface area contributed by atoms with Crippen molar-refractivity contribution in [2.75, 3.05) is 5.75 Å². The third-order valence-electron chi connectivity index (χ3n) is 4.72. The fourth-order valence-corrected chi connectivity index (χ4v) is 5.52. The SMILES string of the molecule is CCC(=O)Oc1cccc2c(CCSC(c3ccccc3)c3cccs3)coc12. The molecular weight excluding hydrogens is 400 g/mol. The molecule has 0 radical (unpaired) electrons. The highest BCUT2D eigenvalue weighted by molar-refractivity contribution is 7.99. The van der Waals surface area contributed by atoms with E-state index in [9.17, 15) is 4.79 Å². The van der Waals surface area contributed by atoms with Crippen molar-refractivity contribution in [1.29, 1.82) is 0 Å². The summed E-state index contributed by atoms with van der Waals surface area (Å²) in [4.78, 5) is 13.0. The van der Waals surface area contributed by atoms with Crippen molar-refractivity contribution in [3.63, 3.8) is 0 Å². The summed E-state index contributed by atoms with van der Waals surface area (Å²) in [5, 5.41) is 3.48. The van der Waals surface area contributed by atoms with E-state index in [1.807, 2.05) is 23.9 Å². The van der Waals surface area contributed by atoms with Crippen molar-refractivity contribution in [2.45, 2.75) is 25.0 Å². The van der Waals surface area contributed by atoms with Crippen LogP contribution in [-0.4, -0.2) is 11.7 Å². The second kappa shape index (κ2) is 9.33. The van der Waals surface area contributed by atoms with Gasteiger partial charge in [-0.3, -0.25) is 4.79 Å². The Morgan fingerprint density at radius 1 is 1.10 bits per heavy atom. The first-order valence-corrected chi connectivity index (χ1v) is 11.6. The second-order valence-corrected chi connectivity index (χ2v) is 8.84. The van der Waals surface area contributed by atoms with Crippen LogP contribution in [0, 0.1) is 0 Å². The molecule has 1 unspecified atom stereocenters. The molecule has 148 valence electrons. The summed E-state index contributed by atoms with van der Waals surface area (Å²) in [5.74, 6) is 1.20. The number of hydrogen-bond donors (Lipinski definition) is 0. The Morgan fingerprint density at radius 2 is 1.97 bits per heavy atom. The van der Waals surface area contributed by atoms with Gasteiger partial charge >= 0.3 is 5.97 Å². The van der Waals surface area contributed by atoms with Gasteiger partial charge in [0, 0.05) is 16.7 Å². The summed E-state index contributed by atoms with van der Waals surface area (Å²) in [7, 11) is 0. The minimum Gasteiger partial charge on any atom is -0.460 e. The summed E-state index contributed by atoms with van der Waals surface area (Å²) in [5.41, 5.74) is 3.11. The molecule has 2 aromatic heterocycles. The molecule has 29 heavy (non-hydrogen) atoms. The van der Waals surface area contributed by atoms with E-state index in [-0.39, 0.29) is 5.97 Å². The average Bonchev–Trinajstić information content (AvgIpc) is 3.43. The van der Waals surface area contributed by atoms with Crippen molar-refractivity contribution in [1.82, 2.24) is 0 Å². The maximum absolute atomic E-state index is 11.7. The molecule has 0 aliphatic heterocycles. The highest BCUT2D eigenvalue weighted by Crippen LogP contribution is 2.39. The van der Waals surface area contributed by atoms with Crippen molar-refractivity contribution in [2.24, 2.45) is 0 Å². The molecule has 0 saturated carbocycles. The molecular formula is C24H22O3S2.